The minimum absolute atomic E-state index is 0.119. The van der Waals surface area contributed by atoms with E-state index in [1.54, 1.807) is 6.20 Å². The molecule has 0 saturated heterocycles. The van der Waals surface area contributed by atoms with Gasteiger partial charge in [-0.1, -0.05) is 37.3 Å². The normalized spacial score (nSPS) is 14.2. The molecule has 1 heterocycles. The number of aromatic nitrogens is 1. The third-order valence-electron chi connectivity index (χ3n) is 3.44. The molecule has 2 rings (SSSR count). The zero-order valence-corrected chi connectivity index (χ0v) is 10.9. The van der Waals surface area contributed by atoms with Crippen LogP contribution < -0.4 is 0 Å². The lowest BCUT2D eigenvalue weighted by atomic mass is 9.77. The van der Waals surface area contributed by atoms with E-state index in [1.165, 1.54) is 11.1 Å². The highest BCUT2D eigenvalue weighted by atomic mass is 16.3. The first-order valence-electron chi connectivity index (χ1n) is 6.22. The first kappa shape index (κ1) is 12.8. The van der Waals surface area contributed by atoms with E-state index in [1.807, 2.05) is 30.3 Å². The van der Waals surface area contributed by atoms with Crippen LogP contribution in [0, 0.1) is 6.92 Å². The Labute approximate surface area is 108 Å². The van der Waals surface area contributed by atoms with Crippen LogP contribution in [-0.4, -0.2) is 16.7 Å². The molecule has 0 fully saturated rings. The van der Waals surface area contributed by atoms with Gasteiger partial charge in [-0.15, -0.1) is 0 Å². The van der Waals surface area contributed by atoms with E-state index in [4.69, 9.17) is 0 Å². The molecule has 1 aromatic carbocycles. The molecule has 1 aromatic heterocycles. The summed E-state index contributed by atoms with van der Waals surface area (Å²) in [4.78, 5) is 4.36. The van der Waals surface area contributed by atoms with Crippen LogP contribution in [0.5, 0.6) is 0 Å². The Morgan fingerprint density at radius 1 is 1.11 bits per heavy atom. The smallest absolute Gasteiger partial charge is 0.0529 e. The van der Waals surface area contributed by atoms with Crippen LogP contribution >= 0.6 is 0 Å². The van der Waals surface area contributed by atoms with E-state index in [2.05, 4.69) is 31.0 Å². The van der Waals surface area contributed by atoms with Crippen LogP contribution in [0.3, 0.4) is 0 Å². The Balaban J connectivity index is 2.34. The van der Waals surface area contributed by atoms with E-state index in [0.717, 1.165) is 12.1 Å². The number of aryl methyl sites for hydroxylation is 1. The molecular formula is C16H19NO. The topological polar surface area (TPSA) is 33.1 Å². The van der Waals surface area contributed by atoms with Crippen molar-refractivity contribution in [3.05, 3.63) is 65.5 Å². The predicted molar refractivity (Wildman–Crippen MR) is 73.6 cm³/mol. The summed E-state index contributed by atoms with van der Waals surface area (Å²) in [7, 11) is 0. The van der Waals surface area contributed by atoms with Crippen molar-refractivity contribution < 1.29 is 5.11 Å². The second kappa shape index (κ2) is 5.32. The largest absolute Gasteiger partial charge is 0.395 e. The standard InChI is InChI=1S/C16H19NO/c1-13-7-3-4-9-15(13)16(2,12-18)11-14-8-5-6-10-17-14/h3-10,18H,11-12H2,1-2H3. The van der Waals surface area contributed by atoms with Crippen LogP contribution in [0.2, 0.25) is 0 Å². The number of hydrogen-bond donors (Lipinski definition) is 1. The fraction of sp³-hybridized carbons (Fsp3) is 0.312. The third-order valence-corrected chi connectivity index (χ3v) is 3.44. The molecule has 0 amide bonds. The summed E-state index contributed by atoms with van der Waals surface area (Å²) in [5, 5.41) is 9.80. The summed E-state index contributed by atoms with van der Waals surface area (Å²) in [5.74, 6) is 0. The highest BCUT2D eigenvalue weighted by Crippen LogP contribution is 2.29. The van der Waals surface area contributed by atoms with Gasteiger partial charge in [0.05, 0.1) is 6.61 Å². The molecule has 1 N–H and O–H groups in total. The van der Waals surface area contributed by atoms with Gasteiger partial charge in [0, 0.05) is 23.7 Å². The quantitative estimate of drug-likeness (QED) is 0.893. The van der Waals surface area contributed by atoms with Crippen LogP contribution in [0.4, 0.5) is 0 Å². The van der Waals surface area contributed by atoms with Crippen molar-refractivity contribution in [2.24, 2.45) is 0 Å². The van der Waals surface area contributed by atoms with E-state index >= 15 is 0 Å². The van der Waals surface area contributed by atoms with Gasteiger partial charge in [0.1, 0.15) is 0 Å². The van der Waals surface area contributed by atoms with Crippen LogP contribution in [0.15, 0.2) is 48.7 Å². The summed E-state index contributed by atoms with van der Waals surface area (Å²) in [6.07, 6.45) is 2.54. The number of hydrogen-bond acceptors (Lipinski definition) is 2. The van der Waals surface area contributed by atoms with Gasteiger partial charge in [0.2, 0.25) is 0 Å². The van der Waals surface area contributed by atoms with Gasteiger partial charge in [0.15, 0.2) is 0 Å². The first-order valence-corrected chi connectivity index (χ1v) is 6.22. The number of nitrogens with zero attached hydrogens (tertiary/aromatic N) is 1. The maximum Gasteiger partial charge on any atom is 0.0529 e. The van der Waals surface area contributed by atoms with Crippen molar-refractivity contribution in [1.82, 2.24) is 4.98 Å². The van der Waals surface area contributed by atoms with Crippen LogP contribution in [-0.2, 0) is 11.8 Å². The number of benzene rings is 1. The molecule has 2 nitrogen and oxygen atoms in total. The molecule has 0 spiro atoms. The van der Waals surface area contributed by atoms with Crippen molar-refractivity contribution in [2.45, 2.75) is 25.7 Å². The monoisotopic (exact) mass is 241 g/mol. The first-order chi connectivity index (χ1) is 8.65. The van der Waals surface area contributed by atoms with Crippen LogP contribution in [0.1, 0.15) is 23.7 Å². The van der Waals surface area contributed by atoms with Gasteiger partial charge in [-0.3, -0.25) is 4.98 Å². The lowest BCUT2D eigenvalue weighted by Crippen LogP contribution is -2.30. The predicted octanol–water partition coefficient (Wildman–Crippen LogP) is 2.88. The molecule has 0 aliphatic rings. The average Bonchev–Trinajstić information content (AvgIpc) is 2.40. The van der Waals surface area contributed by atoms with E-state index in [0.29, 0.717) is 0 Å². The van der Waals surface area contributed by atoms with Crippen molar-refractivity contribution in [3.63, 3.8) is 0 Å². The fourth-order valence-corrected chi connectivity index (χ4v) is 2.39. The van der Waals surface area contributed by atoms with Crippen LogP contribution in [0.25, 0.3) is 0 Å². The molecule has 0 aliphatic heterocycles. The van der Waals surface area contributed by atoms with E-state index < -0.39 is 0 Å². The maximum absolute atomic E-state index is 9.80. The molecule has 0 saturated carbocycles. The maximum atomic E-state index is 9.80. The summed E-state index contributed by atoms with van der Waals surface area (Å²) >= 11 is 0. The molecule has 0 radical (unpaired) electrons. The van der Waals surface area contributed by atoms with Gasteiger partial charge in [-0.25, -0.2) is 0 Å². The number of pyridine rings is 1. The Hall–Kier alpha value is -1.67. The number of aliphatic hydroxyl groups excluding tert-OH is 1. The highest BCUT2D eigenvalue weighted by Gasteiger charge is 2.28. The molecule has 0 bridgehead atoms. The lowest BCUT2D eigenvalue weighted by Gasteiger charge is -2.29. The molecule has 1 unspecified atom stereocenters. The minimum atomic E-state index is -0.278. The Morgan fingerprint density at radius 3 is 2.44 bits per heavy atom. The second-order valence-electron chi connectivity index (χ2n) is 5.03. The van der Waals surface area contributed by atoms with Gasteiger partial charge >= 0.3 is 0 Å². The molecule has 2 heteroatoms. The second-order valence-corrected chi connectivity index (χ2v) is 5.03. The van der Waals surface area contributed by atoms with E-state index in [-0.39, 0.29) is 12.0 Å². The van der Waals surface area contributed by atoms with Crippen molar-refractivity contribution in [3.8, 4) is 0 Å². The molecule has 1 atom stereocenters. The van der Waals surface area contributed by atoms with E-state index in [9.17, 15) is 5.11 Å². The summed E-state index contributed by atoms with van der Waals surface area (Å²) < 4.78 is 0. The number of aliphatic hydroxyl groups is 1. The molecule has 94 valence electrons. The number of rotatable bonds is 4. The Morgan fingerprint density at radius 2 is 1.83 bits per heavy atom. The Kier molecular flexibility index (Phi) is 3.78. The van der Waals surface area contributed by atoms with Gasteiger partial charge in [0.25, 0.3) is 0 Å². The fourth-order valence-electron chi connectivity index (χ4n) is 2.39. The highest BCUT2D eigenvalue weighted by molar-refractivity contribution is 5.34. The molecule has 18 heavy (non-hydrogen) atoms. The Bertz CT molecular complexity index is 510. The molecule has 0 aliphatic carbocycles. The third kappa shape index (κ3) is 2.59. The van der Waals surface area contributed by atoms with Gasteiger partial charge in [-0.2, -0.15) is 0 Å². The summed E-state index contributed by atoms with van der Waals surface area (Å²) in [6.45, 7) is 4.29. The average molecular weight is 241 g/mol. The van der Waals surface area contributed by atoms with Gasteiger partial charge < -0.3 is 5.11 Å². The minimum Gasteiger partial charge on any atom is -0.395 e. The summed E-state index contributed by atoms with van der Waals surface area (Å²) in [5.41, 5.74) is 3.14. The van der Waals surface area contributed by atoms with Crippen molar-refractivity contribution in [1.29, 1.82) is 0 Å². The zero-order valence-electron chi connectivity index (χ0n) is 10.9. The summed E-state index contributed by atoms with van der Waals surface area (Å²) in [6, 6.07) is 14.1. The molecular weight excluding hydrogens is 222 g/mol. The van der Waals surface area contributed by atoms with Crippen molar-refractivity contribution in [2.75, 3.05) is 6.61 Å². The molecule has 2 aromatic rings. The van der Waals surface area contributed by atoms with Crippen molar-refractivity contribution >= 4 is 0 Å². The van der Waals surface area contributed by atoms with Gasteiger partial charge in [-0.05, 0) is 30.2 Å². The zero-order chi connectivity index (χ0) is 13.0. The SMILES string of the molecule is Cc1ccccc1C(C)(CO)Cc1ccccn1. The lowest BCUT2D eigenvalue weighted by molar-refractivity contribution is 0.203.